The van der Waals surface area contributed by atoms with Crippen molar-refractivity contribution in [2.45, 2.75) is 39.2 Å². The van der Waals surface area contributed by atoms with E-state index in [1.807, 2.05) is 26.0 Å². The number of hydrogen-bond acceptors (Lipinski definition) is 3. The first-order chi connectivity index (χ1) is 11.0. The zero-order valence-electron chi connectivity index (χ0n) is 15.1. The van der Waals surface area contributed by atoms with Crippen LogP contribution in [0.1, 0.15) is 32.8 Å². The highest BCUT2D eigenvalue weighted by Gasteiger charge is 2.16. The molecule has 5 nitrogen and oxygen atoms in total. The Hall–Kier alpha value is -1.75. The Balaban J connectivity index is 2.40. The standard InChI is InChI=1S/C18H31N3O2/c1-6-12-23-16-9-7-8-15(13-16)10-11-20-17(19-4)21-14-18(2,3)22-5/h7-9,13H,6,10-12,14H2,1-5H3,(H2,19,20,21). The third kappa shape index (κ3) is 7.88. The quantitative estimate of drug-likeness (QED) is 0.542. The van der Waals surface area contributed by atoms with Crippen molar-refractivity contribution in [1.82, 2.24) is 10.6 Å². The molecule has 0 aromatic heterocycles. The molecule has 0 saturated heterocycles. The Bertz CT molecular complexity index is 487. The molecule has 130 valence electrons. The van der Waals surface area contributed by atoms with Crippen LogP contribution in [0, 0.1) is 0 Å². The van der Waals surface area contributed by atoms with Gasteiger partial charge in [0, 0.05) is 27.2 Å². The molecule has 0 aliphatic rings. The van der Waals surface area contributed by atoms with Gasteiger partial charge < -0.3 is 20.1 Å². The normalized spacial score (nSPS) is 12.1. The fourth-order valence-corrected chi connectivity index (χ4v) is 1.93. The molecule has 1 rings (SSSR count). The van der Waals surface area contributed by atoms with Crippen LogP contribution in [-0.4, -0.2) is 45.4 Å². The third-order valence-corrected chi connectivity index (χ3v) is 3.54. The van der Waals surface area contributed by atoms with E-state index < -0.39 is 0 Å². The van der Waals surface area contributed by atoms with Gasteiger partial charge in [0.15, 0.2) is 5.96 Å². The number of methoxy groups -OCH3 is 1. The molecule has 0 amide bonds. The van der Waals surface area contributed by atoms with Crippen molar-refractivity contribution in [2.75, 3.05) is 33.9 Å². The Morgan fingerprint density at radius 3 is 2.70 bits per heavy atom. The molecule has 1 aromatic carbocycles. The minimum absolute atomic E-state index is 0.220. The molecule has 0 saturated carbocycles. The van der Waals surface area contributed by atoms with Crippen molar-refractivity contribution in [2.24, 2.45) is 4.99 Å². The number of benzene rings is 1. The van der Waals surface area contributed by atoms with E-state index in [1.54, 1.807) is 14.2 Å². The SMILES string of the molecule is CCCOc1cccc(CCNC(=NC)NCC(C)(C)OC)c1. The fraction of sp³-hybridized carbons (Fsp3) is 0.611. The van der Waals surface area contributed by atoms with Crippen LogP contribution in [0.4, 0.5) is 0 Å². The highest BCUT2D eigenvalue weighted by molar-refractivity contribution is 5.79. The monoisotopic (exact) mass is 321 g/mol. The summed E-state index contributed by atoms with van der Waals surface area (Å²) in [6.45, 7) is 8.45. The molecule has 0 spiro atoms. The average molecular weight is 321 g/mol. The van der Waals surface area contributed by atoms with Crippen LogP contribution in [0.3, 0.4) is 0 Å². The van der Waals surface area contributed by atoms with Gasteiger partial charge in [0.05, 0.1) is 12.2 Å². The van der Waals surface area contributed by atoms with Crippen LogP contribution in [0.15, 0.2) is 29.3 Å². The van der Waals surface area contributed by atoms with E-state index in [4.69, 9.17) is 9.47 Å². The highest BCUT2D eigenvalue weighted by atomic mass is 16.5. The van der Waals surface area contributed by atoms with Crippen molar-refractivity contribution in [3.05, 3.63) is 29.8 Å². The molecular weight excluding hydrogens is 290 g/mol. The van der Waals surface area contributed by atoms with Gasteiger partial charge in [-0.2, -0.15) is 0 Å². The molecule has 0 aliphatic heterocycles. The molecule has 0 unspecified atom stereocenters. The lowest BCUT2D eigenvalue weighted by atomic mass is 10.1. The number of nitrogens with zero attached hydrogens (tertiary/aromatic N) is 1. The molecule has 0 fully saturated rings. The van der Waals surface area contributed by atoms with Crippen molar-refractivity contribution in [1.29, 1.82) is 0 Å². The molecule has 2 N–H and O–H groups in total. The molecule has 1 aromatic rings. The summed E-state index contributed by atoms with van der Waals surface area (Å²) >= 11 is 0. The summed E-state index contributed by atoms with van der Waals surface area (Å²) in [6, 6.07) is 8.25. The smallest absolute Gasteiger partial charge is 0.191 e. The molecule has 0 aliphatic carbocycles. The predicted molar refractivity (Wildman–Crippen MR) is 96.4 cm³/mol. The van der Waals surface area contributed by atoms with E-state index in [1.165, 1.54) is 5.56 Å². The second-order valence-electron chi connectivity index (χ2n) is 6.06. The number of rotatable bonds is 9. The lowest BCUT2D eigenvalue weighted by Crippen LogP contribution is -2.45. The number of guanidine groups is 1. The van der Waals surface area contributed by atoms with Gasteiger partial charge in [0.25, 0.3) is 0 Å². The first-order valence-corrected chi connectivity index (χ1v) is 8.22. The number of hydrogen-bond donors (Lipinski definition) is 2. The van der Waals surface area contributed by atoms with Gasteiger partial charge in [-0.1, -0.05) is 19.1 Å². The summed E-state index contributed by atoms with van der Waals surface area (Å²) in [4.78, 5) is 4.23. The van der Waals surface area contributed by atoms with E-state index in [2.05, 4.69) is 34.7 Å². The first kappa shape index (κ1) is 19.3. The van der Waals surface area contributed by atoms with Crippen LogP contribution in [0.25, 0.3) is 0 Å². The molecule has 0 atom stereocenters. The molecule has 0 bridgehead atoms. The fourth-order valence-electron chi connectivity index (χ4n) is 1.93. The zero-order valence-corrected chi connectivity index (χ0v) is 15.1. The van der Waals surface area contributed by atoms with E-state index in [0.717, 1.165) is 37.7 Å². The number of ether oxygens (including phenoxy) is 2. The Kier molecular flexibility index (Phi) is 8.48. The minimum Gasteiger partial charge on any atom is -0.494 e. The summed E-state index contributed by atoms with van der Waals surface area (Å²) in [5, 5.41) is 6.60. The topological polar surface area (TPSA) is 54.9 Å². The van der Waals surface area contributed by atoms with Crippen LogP contribution in [0.2, 0.25) is 0 Å². The van der Waals surface area contributed by atoms with Crippen molar-refractivity contribution in [3.8, 4) is 5.75 Å². The Morgan fingerprint density at radius 1 is 1.26 bits per heavy atom. The minimum atomic E-state index is -0.220. The third-order valence-electron chi connectivity index (χ3n) is 3.54. The number of aliphatic imine (C=N–C) groups is 1. The summed E-state index contributed by atoms with van der Waals surface area (Å²) in [6.07, 6.45) is 1.93. The summed E-state index contributed by atoms with van der Waals surface area (Å²) in [5.41, 5.74) is 1.03. The molecule has 0 heterocycles. The van der Waals surface area contributed by atoms with Gasteiger partial charge >= 0.3 is 0 Å². The van der Waals surface area contributed by atoms with Gasteiger partial charge in [-0.3, -0.25) is 4.99 Å². The van der Waals surface area contributed by atoms with Crippen molar-refractivity contribution in [3.63, 3.8) is 0 Å². The van der Waals surface area contributed by atoms with Gasteiger partial charge in [-0.05, 0) is 44.4 Å². The van der Waals surface area contributed by atoms with Gasteiger partial charge in [0.2, 0.25) is 0 Å². The predicted octanol–water partition coefficient (Wildman–Crippen LogP) is 2.61. The lowest BCUT2D eigenvalue weighted by Gasteiger charge is -2.24. The zero-order chi connectivity index (χ0) is 17.1. The molecule has 0 radical (unpaired) electrons. The van der Waals surface area contributed by atoms with Gasteiger partial charge in [-0.25, -0.2) is 0 Å². The summed E-state index contributed by atoms with van der Waals surface area (Å²) in [5.74, 6) is 1.72. The van der Waals surface area contributed by atoms with Crippen molar-refractivity contribution >= 4 is 5.96 Å². The second kappa shape index (κ2) is 10.1. The van der Waals surface area contributed by atoms with Gasteiger partial charge in [0.1, 0.15) is 5.75 Å². The largest absolute Gasteiger partial charge is 0.494 e. The molecule has 23 heavy (non-hydrogen) atoms. The van der Waals surface area contributed by atoms with Gasteiger partial charge in [-0.15, -0.1) is 0 Å². The summed E-state index contributed by atoms with van der Waals surface area (Å²) in [7, 11) is 3.49. The average Bonchev–Trinajstić information content (AvgIpc) is 2.56. The van der Waals surface area contributed by atoms with E-state index >= 15 is 0 Å². The van der Waals surface area contributed by atoms with Crippen LogP contribution >= 0.6 is 0 Å². The maximum atomic E-state index is 5.66. The summed E-state index contributed by atoms with van der Waals surface area (Å²) < 4.78 is 11.1. The number of nitrogens with one attached hydrogen (secondary N) is 2. The molecular formula is C18H31N3O2. The van der Waals surface area contributed by atoms with E-state index in [0.29, 0.717) is 6.54 Å². The second-order valence-corrected chi connectivity index (χ2v) is 6.06. The van der Waals surface area contributed by atoms with E-state index in [-0.39, 0.29) is 5.60 Å². The van der Waals surface area contributed by atoms with Crippen LogP contribution < -0.4 is 15.4 Å². The van der Waals surface area contributed by atoms with E-state index in [9.17, 15) is 0 Å². The maximum absolute atomic E-state index is 5.66. The van der Waals surface area contributed by atoms with Crippen LogP contribution in [0.5, 0.6) is 5.75 Å². The lowest BCUT2D eigenvalue weighted by molar-refractivity contribution is 0.0268. The van der Waals surface area contributed by atoms with Crippen molar-refractivity contribution < 1.29 is 9.47 Å². The Morgan fingerprint density at radius 2 is 2.04 bits per heavy atom. The van der Waals surface area contributed by atoms with Crippen LogP contribution in [-0.2, 0) is 11.2 Å². The first-order valence-electron chi connectivity index (χ1n) is 8.22. The maximum Gasteiger partial charge on any atom is 0.191 e. The molecule has 5 heteroatoms. The Labute approximate surface area is 140 Å². The highest BCUT2D eigenvalue weighted by Crippen LogP contribution is 2.13.